The summed E-state index contributed by atoms with van der Waals surface area (Å²) in [5.74, 6) is -2.10. The molecule has 2 rings (SSSR count). The van der Waals surface area contributed by atoms with E-state index in [1.165, 1.54) is 24.3 Å². The van der Waals surface area contributed by atoms with Crippen LogP contribution >= 0.6 is 0 Å². The van der Waals surface area contributed by atoms with Crippen molar-refractivity contribution in [2.45, 2.75) is 31.3 Å². The van der Waals surface area contributed by atoms with Crippen LogP contribution in [-0.4, -0.2) is 31.4 Å². The largest absolute Gasteiger partial charge is 0.480 e. The van der Waals surface area contributed by atoms with E-state index in [0.29, 0.717) is 0 Å². The molecule has 27 heavy (non-hydrogen) atoms. The minimum Gasteiger partial charge on any atom is -0.480 e. The maximum absolute atomic E-state index is 12.5. The molecule has 7 nitrogen and oxygen atoms in total. The van der Waals surface area contributed by atoms with E-state index >= 15 is 0 Å². The number of nitrogens with one attached hydrogen (secondary N) is 2. The summed E-state index contributed by atoms with van der Waals surface area (Å²) in [4.78, 5) is 23.5. The zero-order valence-electron chi connectivity index (χ0n) is 15.0. The summed E-state index contributed by atoms with van der Waals surface area (Å²) < 4.78 is 27.4. The van der Waals surface area contributed by atoms with E-state index < -0.39 is 27.9 Å². The average molecular weight is 390 g/mol. The van der Waals surface area contributed by atoms with Gasteiger partial charge in [0.2, 0.25) is 10.0 Å². The fraction of sp³-hybridized carbons (Fsp3) is 0.263. The van der Waals surface area contributed by atoms with Crippen LogP contribution in [0.25, 0.3) is 0 Å². The molecule has 0 saturated carbocycles. The van der Waals surface area contributed by atoms with Crippen molar-refractivity contribution in [1.82, 2.24) is 10.0 Å². The maximum atomic E-state index is 12.5. The quantitative estimate of drug-likeness (QED) is 0.638. The van der Waals surface area contributed by atoms with E-state index in [1.54, 1.807) is 26.0 Å². The first kappa shape index (κ1) is 20.6. The van der Waals surface area contributed by atoms with Crippen molar-refractivity contribution in [3.63, 3.8) is 0 Å². The number of carbonyl (C=O) groups excluding carboxylic acids is 1. The second kappa shape index (κ2) is 8.79. The van der Waals surface area contributed by atoms with E-state index in [4.69, 9.17) is 0 Å². The van der Waals surface area contributed by atoms with E-state index in [-0.39, 0.29) is 22.9 Å². The Balaban J connectivity index is 2.15. The summed E-state index contributed by atoms with van der Waals surface area (Å²) in [7, 11) is -3.82. The lowest BCUT2D eigenvalue weighted by Gasteiger charge is -2.18. The van der Waals surface area contributed by atoms with Gasteiger partial charge in [-0.15, -0.1) is 0 Å². The maximum Gasteiger partial charge on any atom is 0.326 e. The molecule has 0 spiro atoms. The number of carboxylic acid groups (broad SMARTS) is 1. The molecule has 1 amide bonds. The molecule has 0 bridgehead atoms. The molecule has 2 aromatic rings. The molecule has 0 fully saturated rings. The molecular formula is C19H22N2O5S. The number of amides is 1. The Bertz CT molecular complexity index is 911. The van der Waals surface area contributed by atoms with E-state index in [9.17, 15) is 23.1 Å². The molecule has 0 aliphatic heterocycles. The van der Waals surface area contributed by atoms with Crippen molar-refractivity contribution in [2.75, 3.05) is 0 Å². The number of sulfonamides is 1. The number of hydrogen-bond donors (Lipinski definition) is 3. The molecule has 0 saturated heterocycles. The van der Waals surface area contributed by atoms with Crippen LogP contribution < -0.4 is 10.0 Å². The Morgan fingerprint density at radius 3 is 2.30 bits per heavy atom. The lowest BCUT2D eigenvalue weighted by Crippen LogP contribution is -2.44. The molecule has 8 heteroatoms. The highest BCUT2D eigenvalue weighted by atomic mass is 32.2. The third-order valence-corrected chi connectivity index (χ3v) is 5.33. The van der Waals surface area contributed by atoms with Crippen LogP contribution in [0.4, 0.5) is 0 Å². The fourth-order valence-electron chi connectivity index (χ4n) is 2.40. The monoisotopic (exact) mass is 390 g/mol. The fourth-order valence-corrected chi connectivity index (χ4v) is 3.46. The molecule has 2 aromatic carbocycles. The molecule has 1 atom stereocenters. The van der Waals surface area contributed by atoms with Crippen molar-refractivity contribution in [2.24, 2.45) is 5.92 Å². The van der Waals surface area contributed by atoms with Crippen LogP contribution in [0.15, 0.2) is 59.5 Å². The van der Waals surface area contributed by atoms with Crippen molar-refractivity contribution < 1.29 is 23.1 Å². The topological polar surface area (TPSA) is 113 Å². The summed E-state index contributed by atoms with van der Waals surface area (Å²) in [5, 5.41) is 11.6. The van der Waals surface area contributed by atoms with Crippen molar-refractivity contribution >= 4 is 21.9 Å². The summed E-state index contributed by atoms with van der Waals surface area (Å²) in [5.41, 5.74) is 0.876. The summed E-state index contributed by atoms with van der Waals surface area (Å²) >= 11 is 0. The van der Waals surface area contributed by atoms with Crippen molar-refractivity contribution in [3.8, 4) is 0 Å². The van der Waals surface area contributed by atoms with Gasteiger partial charge >= 0.3 is 5.97 Å². The molecule has 3 N–H and O–H groups in total. The molecule has 0 radical (unpaired) electrons. The Morgan fingerprint density at radius 2 is 1.70 bits per heavy atom. The normalized spacial score (nSPS) is 12.6. The standard InChI is InChI=1S/C19H22N2O5S/c1-13(2)17(19(23)24)21-18(22)15-9-6-10-16(11-15)27(25,26)20-12-14-7-4-3-5-8-14/h3-11,13,17,20H,12H2,1-2H3,(H,21,22)(H,23,24)/t17-/m0/s1. The van der Waals surface area contributed by atoms with Crippen LogP contribution in [0.2, 0.25) is 0 Å². The van der Waals surface area contributed by atoms with E-state index in [1.807, 2.05) is 18.2 Å². The molecular weight excluding hydrogens is 368 g/mol. The van der Waals surface area contributed by atoms with Crippen LogP contribution in [0, 0.1) is 5.92 Å². The highest BCUT2D eigenvalue weighted by molar-refractivity contribution is 7.89. The second-order valence-corrected chi connectivity index (χ2v) is 8.14. The highest BCUT2D eigenvalue weighted by Gasteiger charge is 2.24. The van der Waals surface area contributed by atoms with Crippen LogP contribution in [0.5, 0.6) is 0 Å². The molecule has 0 heterocycles. The summed E-state index contributed by atoms with van der Waals surface area (Å²) in [6.07, 6.45) is 0. The molecule has 0 aliphatic carbocycles. The molecule has 144 valence electrons. The van der Waals surface area contributed by atoms with Gasteiger partial charge in [-0.05, 0) is 29.7 Å². The number of aliphatic carboxylic acids is 1. The predicted octanol–water partition coefficient (Wildman–Crippen LogP) is 2.00. The predicted molar refractivity (Wildman–Crippen MR) is 101 cm³/mol. The Kier molecular flexibility index (Phi) is 6.70. The lowest BCUT2D eigenvalue weighted by molar-refractivity contribution is -0.140. The van der Waals surface area contributed by atoms with Gasteiger partial charge in [0.05, 0.1) is 4.90 Å². The smallest absolute Gasteiger partial charge is 0.326 e. The third-order valence-electron chi connectivity index (χ3n) is 3.93. The van der Waals surface area contributed by atoms with Gasteiger partial charge in [-0.3, -0.25) is 4.79 Å². The number of rotatable bonds is 8. The van der Waals surface area contributed by atoms with Crippen LogP contribution in [0.1, 0.15) is 29.8 Å². The van der Waals surface area contributed by atoms with Crippen LogP contribution in [0.3, 0.4) is 0 Å². The number of benzene rings is 2. The van der Waals surface area contributed by atoms with E-state index in [2.05, 4.69) is 10.0 Å². The number of hydrogen-bond acceptors (Lipinski definition) is 4. The van der Waals surface area contributed by atoms with Crippen LogP contribution in [-0.2, 0) is 21.4 Å². The molecule has 0 unspecified atom stereocenters. The van der Waals surface area contributed by atoms with E-state index in [0.717, 1.165) is 5.56 Å². The first-order chi connectivity index (χ1) is 12.7. The SMILES string of the molecule is CC(C)[C@H](NC(=O)c1cccc(S(=O)(=O)NCc2ccccc2)c1)C(=O)O. The van der Waals surface area contributed by atoms with Gasteiger partial charge in [-0.1, -0.05) is 50.2 Å². The zero-order chi connectivity index (χ0) is 20.0. The first-order valence-electron chi connectivity index (χ1n) is 8.38. The lowest BCUT2D eigenvalue weighted by atomic mass is 10.0. The van der Waals surface area contributed by atoms with Crippen molar-refractivity contribution in [1.29, 1.82) is 0 Å². The van der Waals surface area contributed by atoms with Gasteiger partial charge in [0.25, 0.3) is 5.91 Å². The van der Waals surface area contributed by atoms with Gasteiger partial charge in [-0.2, -0.15) is 0 Å². The Morgan fingerprint density at radius 1 is 1.04 bits per heavy atom. The summed E-state index contributed by atoms with van der Waals surface area (Å²) in [6.45, 7) is 3.47. The van der Waals surface area contributed by atoms with Gasteiger partial charge in [-0.25, -0.2) is 17.9 Å². The number of carbonyl (C=O) groups is 2. The minimum atomic E-state index is -3.82. The number of carboxylic acids is 1. The van der Waals surface area contributed by atoms with Gasteiger partial charge < -0.3 is 10.4 Å². The van der Waals surface area contributed by atoms with Gasteiger partial charge in [0.1, 0.15) is 6.04 Å². The first-order valence-corrected chi connectivity index (χ1v) is 9.86. The minimum absolute atomic E-state index is 0.0671. The highest BCUT2D eigenvalue weighted by Crippen LogP contribution is 2.13. The molecule has 0 aliphatic rings. The Labute approximate surface area is 158 Å². The average Bonchev–Trinajstić information content (AvgIpc) is 2.64. The third kappa shape index (κ3) is 5.63. The van der Waals surface area contributed by atoms with Gasteiger partial charge in [0, 0.05) is 12.1 Å². The molecule has 0 aromatic heterocycles. The zero-order valence-corrected chi connectivity index (χ0v) is 15.9. The second-order valence-electron chi connectivity index (χ2n) is 6.37. The Hall–Kier alpha value is -2.71. The summed E-state index contributed by atoms with van der Waals surface area (Å²) in [6, 6.07) is 13.5. The van der Waals surface area contributed by atoms with Gasteiger partial charge in [0.15, 0.2) is 0 Å². The van der Waals surface area contributed by atoms with Crippen molar-refractivity contribution in [3.05, 3.63) is 65.7 Å².